The monoisotopic (exact) mass is 564 g/mol. The molecule has 39 heavy (non-hydrogen) atoms. The van der Waals surface area contributed by atoms with Crippen molar-refractivity contribution in [3.63, 3.8) is 0 Å². The van der Waals surface area contributed by atoms with Gasteiger partial charge in [0.05, 0.1) is 25.4 Å². The molecule has 2 atom stereocenters. The summed E-state index contributed by atoms with van der Waals surface area (Å²) in [6.07, 6.45) is 1.83. The number of hydrogen-bond donors (Lipinski definition) is 1. The lowest BCUT2D eigenvalue weighted by Gasteiger charge is -2.33. The minimum atomic E-state index is -4.12. The number of methoxy groups -OCH3 is 2. The first-order valence-electron chi connectivity index (χ1n) is 12.4. The molecule has 0 aromatic heterocycles. The molecule has 0 spiro atoms. The van der Waals surface area contributed by atoms with Crippen LogP contribution in [-0.2, 0) is 26.2 Å². The molecule has 0 fully saturated rings. The van der Waals surface area contributed by atoms with Crippen LogP contribution >= 0.6 is 0 Å². The number of carbonyl (C=O) groups is 2. The summed E-state index contributed by atoms with van der Waals surface area (Å²) < 4.78 is 37.0. The highest BCUT2D eigenvalue weighted by atomic mass is 32.2. The molecule has 0 saturated heterocycles. The van der Waals surface area contributed by atoms with Crippen LogP contribution in [0.1, 0.15) is 39.2 Å². The normalized spacial score (nSPS) is 12.7. The van der Waals surface area contributed by atoms with E-state index in [0.29, 0.717) is 17.7 Å². The van der Waals surface area contributed by atoms with E-state index < -0.39 is 33.4 Å². The van der Waals surface area contributed by atoms with E-state index >= 15 is 0 Å². The van der Waals surface area contributed by atoms with Crippen LogP contribution in [-0.4, -0.2) is 69.2 Å². The fourth-order valence-corrected chi connectivity index (χ4v) is 4.75. The summed E-state index contributed by atoms with van der Waals surface area (Å²) in [6, 6.07) is 9.39. The summed E-state index contributed by atoms with van der Waals surface area (Å²) >= 11 is 0. The topological polar surface area (TPSA) is 148 Å². The Balaban J connectivity index is 2.58. The predicted molar refractivity (Wildman–Crippen MR) is 147 cm³/mol. The van der Waals surface area contributed by atoms with Crippen molar-refractivity contribution >= 4 is 33.2 Å². The van der Waals surface area contributed by atoms with Gasteiger partial charge in [-0.3, -0.25) is 24.0 Å². The Morgan fingerprint density at radius 2 is 1.77 bits per heavy atom. The van der Waals surface area contributed by atoms with Crippen molar-refractivity contribution in [3.8, 4) is 11.5 Å². The Labute approximate surface area is 229 Å². The summed E-state index contributed by atoms with van der Waals surface area (Å²) in [7, 11) is -1.33. The van der Waals surface area contributed by atoms with Crippen LogP contribution in [0.15, 0.2) is 42.5 Å². The number of amides is 2. The Morgan fingerprint density at radius 1 is 1.08 bits per heavy atom. The van der Waals surface area contributed by atoms with E-state index in [1.807, 2.05) is 13.8 Å². The van der Waals surface area contributed by atoms with Crippen molar-refractivity contribution < 1.29 is 32.4 Å². The van der Waals surface area contributed by atoms with Gasteiger partial charge in [0.25, 0.3) is 5.69 Å². The van der Waals surface area contributed by atoms with Gasteiger partial charge in [0, 0.05) is 24.7 Å². The first kappa shape index (κ1) is 31.3. The second-order valence-electron chi connectivity index (χ2n) is 9.00. The summed E-state index contributed by atoms with van der Waals surface area (Å²) in [5, 5.41) is 14.3. The minimum absolute atomic E-state index is 0.00780. The molecule has 2 aromatic rings. The molecule has 13 heteroatoms. The second-order valence-corrected chi connectivity index (χ2v) is 10.9. The molecule has 2 rings (SSSR count). The largest absolute Gasteiger partial charge is 0.497 e. The first-order valence-corrected chi connectivity index (χ1v) is 14.2. The molecule has 12 nitrogen and oxygen atoms in total. The number of nitrogens with one attached hydrogen (secondary N) is 1. The summed E-state index contributed by atoms with van der Waals surface area (Å²) in [6.45, 7) is 4.80. The number of sulfonamides is 1. The smallest absolute Gasteiger partial charge is 0.271 e. The van der Waals surface area contributed by atoms with Gasteiger partial charge in [-0.2, -0.15) is 0 Å². The third-order valence-electron chi connectivity index (χ3n) is 6.20. The van der Waals surface area contributed by atoms with Gasteiger partial charge in [-0.1, -0.05) is 26.0 Å². The van der Waals surface area contributed by atoms with Gasteiger partial charge >= 0.3 is 0 Å². The molecule has 0 aliphatic heterocycles. The van der Waals surface area contributed by atoms with Gasteiger partial charge in [-0.15, -0.1) is 0 Å². The molecule has 1 N–H and O–H groups in total. The third-order valence-corrected chi connectivity index (χ3v) is 7.32. The maximum atomic E-state index is 13.8. The van der Waals surface area contributed by atoms with Gasteiger partial charge < -0.3 is 19.7 Å². The van der Waals surface area contributed by atoms with E-state index in [-0.39, 0.29) is 42.0 Å². The van der Waals surface area contributed by atoms with Gasteiger partial charge in [-0.05, 0) is 43.5 Å². The number of nitro groups is 1. The lowest BCUT2D eigenvalue weighted by atomic mass is 10.1. The Hall–Kier alpha value is -3.87. The van der Waals surface area contributed by atoms with Crippen molar-refractivity contribution in [1.29, 1.82) is 0 Å². The van der Waals surface area contributed by atoms with Gasteiger partial charge in [0.1, 0.15) is 29.8 Å². The molecule has 2 unspecified atom stereocenters. The molecule has 2 amide bonds. The van der Waals surface area contributed by atoms with Crippen LogP contribution in [0.5, 0.6) is 11.5 Å². The number of nitro benzene ring substituents is 1. The van der Waals surface area contributed by atoms with E-state index in [0.717, 1.165) is 16.6 Å². The molecule has 0 aliphatic rings. The average Bonchev–Trinajstić information content (AvgIpc) is 2.90. The van der Waals surface area contributed by atoms with Crippen molar-refractivity contribution in [2.24, 2.45) is 0 Å². The van der Waals surface area contributed by atoms with E-state index in [9.17, 15) is 28.1 Å². The highest BCUT2D eigenvalue weighted by Crippen LogP contribution is 2.34. The third kappa shape index (κ3) is 8.31. The van der Waals surface area contributed by atoms with E-state index in [2.05, 4.69) is 5.32 Å². The number of hydrogen-bond acceptors (Lipinski definition) is 8. The van der Waals surface area contributed by atoms with Crippen LogP contribution in [0.4, 0.5) is 11.4 Å². The van der Waals surface area contributed by atoms with Gasteiger partial charge in [0.15, 0.2) is 0 Å². The SMILES string of the molecule is CCC(C)NC(=O)C(CC)N(Cc1cccc(OC)c1)C(=O)CN(c1cc([N+](=O)[O-])ccc1OC)S(C)(=O)=O. The zero-order valence-electron chi connectivity index (χ0n) is 23.0. The number of nitrogens with zero attached hydrogens (tertiary/aromatic N) is 3. The lowest BCUT2D eigenvalue weighted by Crippen LogP contribution is -2.53. The number of benzene rings is 2. The van der Waals surface area contributed by atoms with E-state index in [4.69, 9.17) is 9.47 Å². The van der Waals surface area contributed by atoms with Crippen LogP contribution in [0, 0.1) is 10.1 Å². The highest BCUT2D eigenvalue weighted by molar-refractivity contribution is 7.92. The van der Waals surface area contributed by atoms with Crippen LogP contribution in [0.2, 0.25) is 0 Å². The summed E-state index contributed by atoms with van der Waals surface area (Å²) in [4.78, 5) is 39.1. The Kier molecular flexibility index (Phi) is 11.1. The molecule has 0 aliphatic carbocycles. The molecular weight excluding hydrogens is 528 g/mol. The molecular formula is C26H36N4O8S. The van der Waals surface area contributed by atoms with Crippen molar-refractivity contribution in [2.75, 3.05) is 31.3 Å². The fourth-order valence-electron chi connectivity index (χ4n) is 3.91. The van der Waals surface area contributed by atoms with Crippen LogP contribution < -0.4 is 19.1 Å². The minimum Gasteiger partial charge on any atom is -0.497 e. The highest BCUT2D eigenvalue weighted by Gasteiger charge is 2.33. The maximum absolute atomic E-state index is 13.8. The predicted octanol–water partition coefficient (Wildman–Crippen LogP) is 3.10. The number of ether oxygens (including phenoxy) is 2. The van der Waals surface area contributed by atoms with Crippen LogP contribution in [0.25, 0.3) is 0 Å². The first-order chi connectivity index (χ1) is 18.4. The molecule has 0 saturated carbocycles. The quantitative estimate of drug-likeness (QED) is 0.272. The number of non-ortho nitro benzene ring substituents is 1. The van der Waals surface area contributed by atoms with Crippen molar-refractivity contribution in [3.05, 3.63) is 58.1 Å². The van der Waals surface area contributed by atoms with E-state index in [1.165, 1.54) is 31.3 Å². The average molecular weight is 565 g/mol. The van der Waals surface area contributed by atoms with Crippen LogP contribution in [0.3, 0.4) is 0 Å². The standard InChI is InChI=1S/C26H36N4O8S/c1-7-18(3)27-26(32)22(8-2)28(16-19-10-9-11-21(14-19)37-4)25(31)17-29(39(6,35)36)23-15-20(30(33)34)12-13-24(23)38-5/h9-15,18,22H,7-8,16-17H2,1-6H3,(H,27,32). The summed E-state index contributed by atoms with van der Waals surface area (Å²) in [5.74, 6) is -0.472. The molecule has 0 heterocycles. The Bertz CT molecular complexity index is 1280. The summed E-state index contributed by atoms with van der Waals surface area (Å²) in [5.41, 5.74) is 0.122. The number of rotatable bonds is 14. The molecule has 0 radical (unpaired) electrons. The Morgan fingerprint density at radius 3 is 2.31 bits per heavy atom. The second kappa shape index (κ2) is 13.8. The van der Waals surface area contributed by atoms with Gasteiger partial charge in [-0.25, -0.2) is 8.42 Å². The number of anilines is 1. The van der Waals surface area contributed by atoms with E-state index in [1.54, 1.807) is 31.2 Å². The maximum Gasteiger partial charge on any atom is 0.271 e. The molecule has 214 valence electrons. The fraction of sp³-hybridized carbons (Fsp3) is 0.462. The molecule has 2 aromatic carbocycles. The number of carbonyl (C=O) groups excluding carboxylic acids is 2. The van der Waals surface area contributed by atoms with Gasteiger partial charge in [0.2, 0.25) is 21.8 Å². The van der Waals surface area contributed by atoms with Crippen molar-refractivity contribution in [1.82, 2.24) is 10.2 Å². The lowest BCUT2D eigenvalue weighted by molar-refractivity contribution is -0.384. The zero-order chi connectivity index (χ0) is 29.3. The molecule has 0 bridgehead atoms. The zero-order valence-corrected chi connectivity index (χ0v) is 23.9. The van der Waals surface area contributed by atoms with Crippen molar-refractivity contribution in [2.45, 2.75) is 52.2 Å².